The third-order valence-corrected chi connectivity index (χ3v) is 3.94. The second-order valence-electron chi connectivity index (χ2n) is 5.51. The van der Waals surface area contributed by atoms with Crippen molar-refractivity contribution in [2.45, 2.75) is 50.2 Å². The van der Waals surface area contributed by atoms with E-state index in [-0.39, 0.29) is 18.2 Å². The molecular weight excluding hydrogens is 256 g/mol. The predicted molar refractivity (Wildman–Crippen MR) is 74.6 cm³/mol. The molecule has 0 unspecified atom stereocenters. The Kier molecular flexibility index (Phi) is 3.82. The summed E-state index contributed by atoms with van der Waals surface area (Å²) in [5.41, 5.74) is 0.624. The molecule has 1 heterocycles. The predicted octanol–water partition coefficient (Wildman–Crippen LogP) is 2.04. The minimum Gasteiger partial charge on any atom is -0.379 e. The monoisotopic (exact) mass is 276 g/mol. The van der Waals surface area contributed by atoms with E-state index in [1.807, 2.05) is 0 Å². The highest BCUT2D eigenvalue weighted by molar-refractivity contribution is 5.89. The van der Waals surface area contributed by atoms with Gasteiger partial charge in [-0.2, -0.15) is 0 Å². The molecule has 1 aromatic rings. The summed E-state index contributed by atoms with van der Waals surface area (Å²) in [6, 6.07) is -0.131. The maximum absolute atomic E-state index is 11.9. The molecule has 6 heteroatoms. The molecule has 0 saturated heterocycles. The van der Waals surface area contributed by atoms with E-state index in [4.69, 9.17) is 4.74 Å². The van der Waals surface area contributed by atoms with Crippen LogP contribution in [0.1, 0.15) is 43.8 Å². The standard InChI is InChI=1S/C14H20N4O2/c1-20-12-4-2-3-11(12)18-14(19)17-10-7-15-13(16-8-10)9-5-6-9/h7-9,11-12H,2-6H2,1H3,(H2,17,18,19)/t11-,12-/m0/s1. The van der Waals surface area contributed by atoms with Gasteiger partial charge in [0.2, 0.25) is 0 Å². The highest BCUT2D eigenvalue weighted by Gasteiger charge is 2.28. The molecule has 2 amide bonds. The molecule has 1 aromatic heterocycles. The van der Waals surface area contributed by atoms with Gasteiger partial charge in [-0.15, -0.1) is 0 Å². The van der Waals surface area contributed by atoms with Crippen molar-refractivity contribution < 1.29 is 9.53 Å². The van der Waals surface area contributed by atoms with E-state index in [0.717, 1.165) is 25.1 Å². The van der Waals surface area contributed by atoms with E-state index in [1.165, 1.54) is 12.8 Å². The van der Waals surface area contributed by atoms with Gasteiger partial charge in [0.15, 0.2) is 0 Å². The van der Waals surface area contributed by atoms with E-state index >= 15 is 0 Å². The molecule has 2 aliphatic carbocycles. The first-order chi connectivity index (χ1) is 9.76. The molecule has 2 fully saturated rings. The van der Waals surface area contributed by atoms with Crippen LogP contribution in [0.15, 0.2) is 12.4 Å². The average Bonchev–Trinajstić information content (AvgIpc) is 3.20. The van der Waals surface area contributed by atoms with Gasteiger partial charge in [-0.1, -0.05) is 0 Å². The molecule has 2 saturated carbocycles. The van der Waals surface area contributed by atoms with Crippen LogP contribution in [0, 0.1) is 0 Å². The molecule has 0 aromatic carbocycles. The minimum absolute atomic E-state index is 0.0895. The lowest BCUT2D eigenvalue weighted by Crippen LogP contribution is -2.42. The molecule has 108 valence electrons. The number of methoxy groups -OCH3 is 1. The zero-order valence-corrected chi connectivity index (χ0v) is 11.6. The SMILES string of the molecule is CO[C@H]1CCC[C@@H]1NC(=O)Nc1cnc(C2CC2)nc1. The molecule has 2 aliphatic rings. The van der Waals surface area contributed by atoms with Crippen molar-refractivity contribution in [2.75, 3.05) is 12.4 Å². The van der Waals surface area contributed by atoms with Crippen molar-refractivity contribution in [3.63, 3.8) is 0 Å². The maximum Gasteiger partial charge on any atom is 0.319 e. The summed E-state index contributed by atoms with van der Waals surface area (Å²) < 4.78 is 5.36. The largest absolute Gasteiger partial charge is 0.379 e. The van der Waals surface area contributed by atoms with E-state index < -0.39 is 0 Å². The third kappa shape index (κ3) is 3.07. The number of nitrogens with one attached hydrogen (secondary N) is 2. The van der Waals surface area contributed by atoms with Gasteiger partial charge in [0.05, 0.1) is 30.2 Å². The number of ether oxygens (including phenoxy) is 1. The number of carbonyl (C=O) groups is 1. The van der Waals surface area contributed by atoms with Crippen LogP contribution < -0.4 is 10.6 Å². The van der Waals surface area contributed by atoms with Gasteiger partial charge in [-0.3, -0.25) is 0 Å². The smallest absolute Gasteiger partial charge is 0.319 e. The molecule has 0 bridgehead atoms. The van der Waals surface area contributed by atoms with Crippen molar-refractivity contribution in [3.8, 4) is 0 Å². The van der Waals surface area contributed by atoms with Crippen LogP contribution in [0.3, 0.4) is 0 Å². The van der Waals surface area contributed by atoms with Gasteiger partial charge in [0.1, 0.15) is 5.82 Å². The molecule has 0 radical (unpaired) electrons. The lowest BCUT2D eigenvalue weighted by atomic mass is 10.2. The number of aromatic nitrogens is 2. The highest BCUT2D eigenvalue weighted by Crippen LogP contribution is 2.37. The summed E-state index contributed by atoms with van der Waals surface area (Å²) in [5.74, 6) is 1.41. The summed E-state index contributed by atoms with van der Waals surface area (Å²) in [6.45, 7) is 0. The van der Waals surface area contributed by atoms with Crippen LogP contribution in [0.5, 0.6) is 0 Å². The third-order valence-electron chi connectivity index (χ3n) is 3.94. The Morgan fingerprint density at radius 2 is 2.00 bits per heavy atom. The summed E-state index contributed by atoms with van der Waals surface area (Å²) in [4.78, 5) is 20.5. The summed E-state index contributed by atoms with van der Waals surface area (Å²) >= 11 is 0. The zero-order valence-electron chi connectivity index (χ0n) is 11.6. The number of anilines is 1. The Morgan fingerprint density at radius 1 is 1.25 bits per heavy atom. The minimum atomic E-state index is -0.221. The first kappa shape index (κ1) is 13.3. The fourth-order valence-corrected chi connectivity index (χ4v) is 2.66. The van der Waals surface area contributed by atoms with Crippen molar-refractivity contribution in [2.24, 2.45) is 0 Å². The second kappa shape index (κ2) is 5.75. The van der Waals surface area contributed by atoms with Gasteiger partial charge >= 0.3 is 6.03 Å². The Morgan fingerprint density at radius 3 is 2.65 bits per heavy atom. The Hall–Kier alpha value is -1.69. The molecule has 3 rings (SSSR count). The first-order valence-electron chi connectivity index (χ1n) is 7.18. The molecule has 0 aliphatic heterocycles. The highest BCUT2D eigenvalue weighted by atomic mass is 16.5. The lowest BCUT2D eigenvalue weighted by Gasteiger charge is -2.19. The van der Waals surface area contributed by atoms with Crippen LogP contribution in [0.25, 0.3) is 0 Å². The topological polar surface area (TPSA) is 76.1 Å². The fourth-order valence-electron chi connectivity index (χ4n) is 2.66. The summed E-state index contributed by atoms with van der Waals surface area (Å²) in [6.07, 6.45) is 8.85. The van der Waals surface area contributed by atoms with Gasteiger partial charge in [0, 0.05) is 13.0 Å². The van der Waals surface area contributed by atoms with Crippen molar-refractivity contribution >= 4 is 11.7 Å². The van der Waals surface area contributed by atoms with Crippen LogP contribution >= 0.6 is 0 Å². The maximum atomic E-state index is 11.9. The van der Waals surface area contributed by atoms with E-state index in [0.29, 0.717) is 11.6 Å². The molecule has 2 atom stereocenters. The number of hydrogen-bond donors (Lipinski definition) is 2. The molecule has 6 nitrogen and oxygen atoms in total. The van der Waals surface area contributed by atoms with Crippen molar-refractivity contribution in [1.82, 2.24) is 15.3 Å². The number of urea groups is 1. The molecule has 20 heavy (non-hydrogen) atoms. The normalized spacial score (nSPS) is 25.4. The van der Waals surface area contributed by atoms with E-state index in [2.05, 4.69) is 20.6 Å². The zero-order chi connectivity index (χ0) is 13.9. The van der Waals surface area contributed by atoms with Gasteiger partial charge in [-0.05, 0) is 32.1 Å². The number of nitrogens with zero attached hydrogens (tertiary/aromatic N) is 2. The second-order valence-corrected chi connectivity index (χ2v) is 5.51. The Labute approximate surface area is 118 Å². The van der Waals surface area contributed by atoms with Crippen LogP contribution in [-0.2, 0) is 4.74 Å². The van der Waals surface area contributed by atoms with Crippen molar-refractivity contribution in [3.05, 3.63) is 18.2 Å². The van der Waals surface area contributed by atoms with Gasteiger partial charge in [-0.25, -0.2) is 14.8 Å². The van der Waals surface area contributed by atoms with Gasteiger partial charge in [0.25, 0.3) is 0 Å². The van der Waals surface area contributed by atoms with Gasteiger partial charge < -0.3 is 15.4 Å². The molecule has 2 N–H and O–H groups in total. The quantitative estimate of drug-likeness (QED) is 0.882. The van der Waals surface area contributed by atoms with Crippen LogP contribution in [-0.4, -0.2) is 35.3 Å². The Balaban J connectivity index is 1.52. The van der Waals surface area contributed by atoms with Crippen LogP contribution in [0.4, 0.5) is 10.5 Å². The van der Waals surface area contributed by atoms with Crippen molar-refractivity contribution in [1.29, 1.82) is 0 Å². The fraction of sp³-hybridized carbons (Fsp3) is 0.643. The Bertz CT molecular complexity index is 473. The van der Waals surface area contributed by atoms with E-state index in [1.54, 1.807) is 19.5 Å². The van der Waals surface area contributed by atoms with E-state index in [9.17, 15) is 4.79 Å². The lowest BCUT2D eigenvalue weighted by molar-refractivity contribution is 0.0882. The number of carbonyl (C=O) groups excluding carboxylic acids is 1. The first-order valence-corrected chi connectivity index (χ1v) is 7.18. The number of rotatable bonds is 4. The summed E-state index contributed by atoms with van der Waals surface area (Å²) in [5, 5.41) is 5.72. The van der Waals surface area contributed by atoms with Crippen LogP contribution in [0.2, 0.25) is 0 Å². The average molecular weight is 276 g/mol. The molecular formula is C14H20N4O2. The summed E-state index contributed by atoms with van der Waals surface area (Å²) in [7, 11) is 1.69. The molecule has 0 spiro atoms. The number of amides is 2. The number of hydrogen-bond acceptors (Lipinski definition) is 4.